The minimum absolute atomic E-state index is 0.0161. The first kappa shape index (κ1) is 15.6. The van der Waals surface area contributed by atoms with E-state index in [9.17, 15) is 9.59 Å². The molecule has 6 heteroatoms. The van der Waals surface area contributed by atoms with E-state index in [4.69, 9.17) is 17.3 Å². The number of nitrogen functional groups attached to an aromatic ring is 1. The molecule has 1 saturated heterocycles. The fraction of sp³-hybridized carbons (Fsp3) is 0.467. The summed E-state index contributed by atoms with van der Waals surface area (Å²) < 4.78 is 0. The van der Waals surface area contributed by atoms with Crippen LogP contribution >= 0.6 is 11.6 Å². The van der Waals surface area contributed by atoms with Crippen LogP contribution in [0.5, 0.6) is 0 Å². The average molecular weight is 310 g/mol. The van der Waals surface area contributed by atoms with Gasteiger partial charge in [-0.2, -0.15) is 0 Å². The number of piperidine rings is 1. The van der Waals surface area contributed by atoms with Crippen molar-refractivity contribution in [1.29, 1.82) is 0 Å². The first-order valence-corrected chi connectivity index (χ1v) is 7.53. The highest BCUT2D eigenvalue weighted by Gasteiger charge is 2.29. The van der Waals surface area contributed by atoms with Gasteiger partial charge >= 0.3 is 0 Å². The van der Waals surface area contributed by atoms with Crippen molar-refractivity contribution >= 4 is 29.1 Å². The molecule has 1 aromatic carbocycles. The Labute approximate surface area is 129 Å². The summed E-state index contributed by atoms with van der Waals surface area (Å²) >= 11 is 6.07. The van der Waals surface area contributed by atoms with E-state index < -0.39 is 0 Å². The molecule has 0 unspecified atom stereocenters. The summed E-state index contributed by atoms with van der Waals surface area (Å²) in [6.45, 7) is 3.63. The van der Waals surface area contributed by atoms with E-state index in [1.54, 1.807) is 23.1 Å². The molecular formula is C15H20ClN3O2. The fourth-order valence-corrected chi connectivity index (χ4v) is 2.85. The van der Waals surface area contributed by atoms with E-state index in [2.05, 4.69) is 5.32 Å². The number of amides is 2. The van der Waals surface area contributed by atoms with Crippen molar-refractivity contribution < 1.29 is 9.59 Å². The molecule has 0 atom stereocenters. The van der Waals surface area contributed by atoms with E-state index in [1.807, 2.05) is 6.92 Å². The standard InChI is InChI=1S/C15H20ClN3O2/c1-2-18-14(20)10-6-8-19(9-7-10)15(21)13-11(16)4-3-5-12(13)17/h3-5,10H,2,6-9,17H2,1H3,(H,18,20). The Balaban J connectivity index is 2.02. The number of carbonyl (C=O) groups is 2. The first-order valence-electron chi connectivity index (χ1n) is 7.15. The van der Waals surface area contributed by atoms with Crippen LogP contribution in [0.4, 0.5) is 5.69 Å². The molecule has 2 rings (SSSR count). The Hall–Kier alpha value is -1.75. The fourth-order valence-electron chi connectivity index (χ4n) is 2.59. The van der Waals surface area contributed by atoms with Crippen molar-refractivity contribution in [1.82, 2.24) is 10.2 Å². The molecule has 5 nitrogen and oxygen atoms in total. The average Bonchev–Trinajstić information content (AvgIpc) is 2.47. The Morgan fingerprint density at radius 3 is 2.62 bits per heavy atom. The Bertz CT molecular complexity index is 519. The number of hydrogen-bond donors (Lipinski definition) is 2. The van der Waals surface area contributed by atoms with Crippen molar-refractivity contribution in [3.63, 3.8) is 0 Å². The van der Waals surface area contributed by atoms with Crippen LogP contribution in [0.15, 0.2) is 18.2 Å². The number of anilines is 1. The van der Waals surface area contributed by atoms with Crippen molar-refractivity contribution in [2.24, 2.45) is 5.92 Å². The van der Waals surface area contributed by atoms with Gasteiger partial charge in [-0.15, -0.1) is 0 Å². The molecule has 0 aliphatic carbocycles. The molecule has 114 valence electrons. The number of hydrogen-bond acceptors (Lipinski definition) is 3. The predicted molar refractivity (Wildman–Crippen MR) is 83.2 cm³/mol. The zero-order chi connectivity index (χ0) is 15.4. The lowest BCUT2D eigenvalue weighted by molar-refractivity contribution is -0.126. The number of nitrogens with zero attached hydrogens (tertiary/aromatic N) is 1. The summed E-state index contributed by atoms with van der Waals surface area (Å²) in [4.78, 5) is 26.0. The number of benzene rings is 1. The summed E-state index contributed by atoms with van der Waals surface area (Å²) in [5.74, 6) is -0.105. The SMILES string of the molecule is CCNC(=O)C1CCN(C(=O)c2c(N)cccc2Cl)CC1. The molecule has 2 amide bonds. The summed E-state index contributed by atoms with van der Waals surface area (Å²) in [6.07, 6.45) is 1.34. The minimum atomic E-state index is -0.160. The molecule has 0 radical (unpaired) electrons. The van der Waals surface area contributed by atoms with Crippen LogP contribution in [0.2, 0.25) is 5.02 Å². The predicted octanol–water partition coefficient (Wildman–Crippen LogP) is 1.91. The van der Waals surface area contributed by atoms with Gasteiger partial charge in [-0.1, -0.05) is 17.7 Å². The Morgan fingerprint density at radius 2 is 2.05 bits per heavy atom. The molecular weight excluding hydrogens is 290 g/mol. The van der Waals surface area contributed by atoms with Crippen LogP contribution in [0.1, 0.15) is 30.1 Å². The third kappa shape index (κ3) is 3.47. The minimum Gasteiger partial charge on any atom is -0.398 e. The summed E-state index contributed by atoms with van der Waals surface area (Å²) in [5, 5.41) is 3.19. The highest BCUT2D eigenvalue weighted by Crippen LogP contribution is 2.26. The second-order valence-corrected chi connectivity index (χ2v) is 5.57. The summed E-state index contributed by atoms with van der Waals surface area (Å²) in [7, 11) is 0. The lowest BCUT2D eigenvalue weighted by Crippen LogP contribution is -2.43. The van der Waals surface area contributed by atoms with Crippen LogP contribution in [-0.4, -0.2) is 36.3 Å². The van der Waals surface area contributed by atoms with Crippen LogP contribution in [0, 0.1) is 5.92 Å². The van der Waals surface area contributed by atoms with Crippen molar-refractivity contribution in [2.45, 2.75) is 19.8 Å². The van der Waals surface area contributed by atoms with Crippen molar-refractivity contribution in [2.75, 3.05) is 25.4 Å². The van der Waals surface area contributed by atoms with Gasteiger partial charge in [0.15, 0.2) is 0 Å². The molecule has 21 heavy (non-hydrogen) atoms. The maximum atomic E-state index is 12.5. The Morgan fingerprint density at radius 1 is 1.38 bits per heavy atom. The zero-order valence-corrected chi connectivity index (χ0v) is 12.8. The maximum Gasteiger partial charge on any atom is 0.257 e. The topological polar surface area (TPSA) is 75.4 Å². The smallest absolute Gasteiger partial charge is 0.257 e. The van der Waals surface area contributed by atoms with E-state index >= 15 is 0 Å². The van der Waals surface area contributed by atoms with Crippen LogP contribution in [-0.2, 0) is 4.79 Å². The van der Waals surface area contributed by atoms with E-state index in [-0.39, 0.29) is 17.7 Å². The molecule has 1 heterocycles. The maximum absolute atomic E-state index is 12.5. The van der Waals surface area contributed by atoms with Gasteiger partial charge < -0.3 is 16.0 Å². The lowest BCUT2D eigenvalue weighted by atomic mass is 9.95. The summed E-state index contributed by atoms with van der Waals surface area (Å²) in [5.41, 5.74) is 6.59. The quantitative estimate of drug-likeness (QED) is 0.838. The largest absolute Gasteiger partial charge is 0.398 e. The van der Waals surface area contributed by atoms with Gasteiger partial charge in [0.25, 0.3) is 5.91 Å². The van der Waals surface area contributed by atoms with Crippen LogP contribution in [0.3, 0.4) is 0 Å². The molecule has 1 aliphatic heterocycles. The van der Waals surface area contributed by atoms with E-state index in [0.29, 0.717) is 48.7 Å². The van der Waals surface area contributed by atoms with Crippen molar-refractivity contribution in [3.8, 4) is 0 Å². The molecule has 1 fully saturated rings. The number of rotatable bonds is 3. The second-order valence-electron chi connectivity index (χ2n) is 5.17. The van der Waals surface area contributed by atoms with Gasteiger partial charge in [-0.25, -0.2) is 0 Å². The molecule has 0 aromatic heterocycles. The molecule has 0 spiro atoms. The second kappa shape index (κ2) is 6.80. The highest BCUT2D eigenvalue weighted by molar-refractivity contribution is 6.34. The van der Waals surface area contributed by atoms with Crippen LogP contribution < -0.4 is 11.1 Å². The third-order valence-electron chi connectivity index (χ3n) is 3.76. The molecule has 1 aliphatic rings. The third-order valence-corrected chi connectivity index (χ3v) is 4.08. The first-order chi connectivity index (χ1) is 10.0. The van der Waals surface area contributed by atoms with Crippen molar-refractivity contribution in [3.05, 3.63) is 28.8 Å². The highest BCUT2D eigenvalue weighted by atomic mass is 35.5. The monoisotopic (exact) mass is 309 g/mol. The Kier molecular flexibility index (Phi) is 5.07. The lowest BCUT2D eigenvalue weighted by Gasteiger charge is -2.31. The van der Waals surface area contributed by atoms with Gasteiger partial charge in [-0.3, -0.25) is 9.59 Å². The van der Waals surface area contributed by atoms with Gasteiger partial charge in [0, 0.05) is 31.2 Å². The number of nitrogens with one attached hydrogen (secondary N) is 1. The van der Waals surface area contributed by atoms with E-state index in [0.717, 1.165) is 0 Å². The van der Waals surface area contributed by atoms with Gasteiger partial charge in [0.05, 0.1) is 10.6 Å². The van der Waals surface area contributed by atoms with Gasteiger partial charge in [0.2, 0.25) is 5.91 Å². The zero-order valence-electron chi connectivity index (χ0n) is 12.1. The molecule has 3 N–H and O–H groups in total. The number of likely N-dealkylation sites (tertiary alicyclic amines) is 1. The number of halogens is 1. The molecule has 0 bridgehead atoms. The van der Waals surface area contributed by atoms with Gasteiger partial charge in [-0.05, 0) is 31.9 Å². The molecule has 1 aromatic rings. The van der Waals surface area contributed by atoms with E-state index in [1.165, 1.54) is 0 Å². The summed E-state index contributed by atoms with van der Waals surface area (Å²) in [6, 6.07) is 5.04. The molecule has 0 saturated carbocycles. The number of nitrogens with two attached hydrogens (primary N) is 1. The van der Waals surface area contributed by atoms with Crippen LogP contribution in [0.25, 0.3) is 0 Å². The number of carbonyl (C=O) groups excluding carboxylic acids is 2. The van der Waals surface area contributed by atoms with Gasteiger partial charge in [0.1, 0.15) is 0 Å². The normalized spacial score (nSPS) is 15.8.